The molecule has 0 unspecified atom stereocenters. The summed E-state index contributed by atoms with van der Waals surface area (Å²) >= 11 is 6.15. The lowest BCUT2D eigenvalue weighted by molar-refractivity contribution is -0.113. The lowest BCUT2D eigenvalue weighted by Gasteiger charge is -2.35. The van der Waals surface area contributed by atoms with Crippen molar-refractivity contribution < 1.29 is 18.0 Å². The van der Waals surface area contributed by atoms with Crippen molar-refractivity contribution in [3.05, 3.63) is 58.6 Å². The number of halogens is 1. The van der Waals surface area contributed by atoms with Gasteiger partial charge in [-0.25, -0.2) is 8.42 Å². The van der Waals surface area contributed by atoms with Gasteiger partial charge in [0.15, 0.2) is 0 Å². The van der Waals surface area contributed by atoms with E-state index in [0.717, 1.165) is 11.3 Å². The van der Waals surface area contributed by atoms with Gasteiger partial charge in [0.1, 0.15) is 5.75 Å². The quantitative estimate of drug-likeness (QED) is 0.688. The summed E-state index contributed by atoms with van der Waals surface area (Å²) in [4.78, 5) is 28.0. The van der Waals surface area contributed by atoms with Crippen LogP contribution in [-0.2, 0) is 14.8 Å². The van der Waals surface area contributed by atoms with Gasteiger partial charge < -0.3 is 15.1 Å². The van der Waals surface area contributed by atoms with Gasteiger partial charge in [0, 0.05) is 51.6 Å². The fourth-order valence-corrected chi connectivity index (χ4v) is 5.08. The largest absolute Gasteiger partial charge is 0.369 e. The number of hydrogen-bond acceptors (Lipinski definition) is 5. The normalized spacial score (nSPS) is 14.8. The first kappa shape index (κ1) is 24.0. The van der Waals surface area contributed by atoms with Gasteiger partial charge in [-0.05, 0) is 42.8 Å². The van der Waals surface area contributed by atoms with E-state index in [4.69, 9.17) is 11.6 Å². The van der Waals surface area contributed by atoms with Gasteiger partial charge in [0.25, 0.3) is 5.91 Å². The van der Waals surface area contributed by atoms with Crippen molar-refractivity contribution >= 4 is 44.8 Å². The van der Waals surface area contributed by atoms with E-state index in [1.54, 1.807) is 14.1 Å². The Morgan fingerprint density at radius 2 is 1.75 bits per heavy atom. The summed E-state index contributed by atoms with van der Waals surface area (Å²) < 4.78 is 26.8. The van der Waals surface area contributed by atoms with Crippen LogP contribution in [0.4, 0.5) is 11.4 Å². The van der Waals surface area contributed by atoms with Crippen LogP contribution in [-0.4, -0.2) is 75.5 Å². The van der Waals surface area contributed by atoms with Gasteiger partial charge >= 0.3 is 0 Å². The Kier molecular flexibility index (Phi) is 7.43. The second kappa shape index (κ2) is 9.89. The first-order valence-electron chi connectivity index (χ1n) is 10.2. The van der Waals surface area contributed by atoms with Crippen molar-refractivity contribution in [3.8, 4) is 0 Å². The number of nitrogens with one attached hydrogen (secondary N) is 1. The van der Waals surface area contributed by atoms with Crippen LogP contribution in [0.3, 0.4) is 0 Å². The zero-order chi connectivity index (χ0) is 23.5. The van der Waals surface area contributed by atoms with E-state index >= 15 is 0 Å². The second-order valence-corrected chi connectivity index (χ2v) is 10.3. The zero-order valence-corrected chi connectivity index (χ0v) is 19.9. The molecular formula is C22H27ClN4O4S. The van der Waals surface area contributed by atoms with Gasteiger partial charge in [-0.2, -0.15) is 4.31 Å². The third-order valence-electron chi connectivity index (χ3n) is 5.20. The number of amides is 2. The highest BCUT2D eigenvalue weighted by molar-refractivity contribution is 7.89. The third-order valence-corrected chi connectivity index (χ3v) is 7.29. The molecule has 10 heteroatoms. The molecule has 1 aliphatic heterocycles. The number of sulfonamides is 1. The minimum absolute atomic E-state index is 0.177. The molecule has 0 spiro atoms. The Balaban J connectivity index is 1.58. The number of anilines is 2. The molecule has 3 rings (SSSR count). The van der Waals surface area contributed by atoms with Crippen LogP contribution >= 0.6 is 11.6 Å². The molecule has 2 aromatic carbocycles. The average molecular weight is 479 g/mol. The molecule has 0 aliphatic carbocycles. The highest BCUT2D eigenvalue weighted by Crippen LogP contribution is 2.23. The Bertz CT molecular complexity index is 1110. The Morgan fingerprint density at radius 1 is 1.06 bits per heavy atom. The number of piperazine rings is 1. The number of rotatable bonds is 6. The number of carbonyl (C=O) groups is 2. The molecule has 0 atom stereocenters. The van der Waals surface area contributed by atoms with Crippen molar-refractivity contribution in [1.82, 2.24) is 9.21 Å². The SMILES string of the molecule is Cc1cccc(N2CCN(S(=O)(=O)CC(=O)Nc3ccc(C(=O)N(C)C)c(Cl)c3)CC2)c1. The maximum Gasteiger partial charge on any atom is 0.254 e. The van der Waals surface area contributed by atoms with Gasteiger partial charge in [-0.1, -0.05) is 23.7 Å². The summed E-state index contributed by atoms with van der Waals surface area (Å²) in [5, 5.41) is 2.73. The summed E-state index contributed by atoms with van der Waals surface area (Å²) in [5.41, 5.74) is 2.84. The maximum atomic E-state index is 12.7. The summed E-state index contributed by atoms with van der Waals surface area (Å²) in [5.74, 6) is -1.58. The predicted octanol–water partition coefficient (Wildman–Crippen LogP) is 2.44. The van der Waals surface area contributed by atoms with Crippen molar-refractivity contribution in [1.29, 1.82) is 0 Å². The molecule has 32 heavy (non-hydrogen) atoms. The molecule has 0 saturated carbocycles. The van der Waals surface area contributed by atoms with Crippen LogP contribution in [0.1, 0.15) is 15.9 Å². The molecule has 1 fully saturated rings. The highest BCUT2D eigenvalue weighted by Gasteiger charge is 2.29. The summed E-state index contributed by atoms with van der Waals surface area (Å²) in [7, 11) is -0.537. The molecule has 0 aromatic heterocycles. The number of aryl methyl sites for hydroxylation is 1. The van der Waals surface area contributed by atoms with Crippen molar-refractivity contribution in [3.63, 3.8) is 0 Å². The fourth-order valence-electron chi connectivity index (χ4n) is 3.51. The van der Waals surface area contributed by atoms with Crippen LogP contribution < -0.4 is 10.2 Å². The van der Waals surface area contributed by atoms with Gasteiger partial charge in [-0.15, -0.1) is 0 Å². The van der Waals surface area contributed by atoms with Crippen LogP contribution in [0.25, 0.3) is 0 Å². The minimum atomic E-state index is -3.76. The van der Waals surface area contributed by atoms with Gasteiger partial charge in [0.05, 0.1) is 10.6 Å². The van der Waals surface area contributed by atoms with Gasteiger partial charge in [0.2, 0.25) is 15.9 Å². The highest BCUT2D eigenvalue weighted by atomic mass is 35.5. The molecule has 2 amide bonds. The van der Waals surface area contributed by atoms with E-state index in [-0.39, 0.29) is 10.9 Å². The van der Waals surface area contributed by atoms with Gasteiger partial charge in [-0.3, -0.25) is 9.59 Å². The molecule has 0 bridgehead atoms. The molecule has 2 aromatic rings. The maximum absolute atomic E-state index is 12.7. The van der Waals surface area contributed by atoms with Crippen LogP contribution in [0, 0.1) is 6.92 Å². The number of nitrogens with zero attached hydrogens (tertiary/aromatic N) is 3. The second-order valence-electron chi connectivity index (χ2n) is 7.92. The van der Waals surface area contributed by atoms with E-state index in [0.29, 0.717) is 37.4 Å². The Hall–Kier alpha value is -2.62. The lowest BCUT2D eigenvalue weighted by Crippen LogP contribution is -2.50. The van der Waals surface area contributed by atoms with Crippen molar-refractivity contribution in [2.24, 2.45) is 0 Å². The summed E-state index contributed by atoms with van der Waals surface area (Å²) in [6, 6.07) is 12.5. The first-order chi connectivity index (χ1) is 15.1. The Labute approximate surface area is 193 Å². The average Bonchev–Trinajstić information content (AvgIpc) is 2.73. The lowest BCUT2D eigenvalue weighted by atomic mass is 10.2. The summed E-state index contributed by atoms with van der Waals surface area (Å²) in [6.07, 6.45) is 0. The molecule has 0 radical (unpaired) electrons. The van der Waals surface area contributed by atoms with Crippen molar-refractivity contribution in [2.75, 3.05) is 56.2 Å². The molecule has 1 N–H and O–H groups in total. The first-order valence-corrected chi connectivity index (χ1v) is 12.2. The summed E-state index contributed by atoms with van der Waals surface area (Å²) in [6.45, 7) is 3.76. The molecule has 8 nitrogen and oxygen atoms in total. The topological polar surface area (TPSA) is 90.0 Å². The van der Waals surface area contributed by atoms with E-state index in [2.05, 4.69) is 16.3 Å². The molecule has 1 heterocycles. The smallest absolute Gasteiger partial charge is 0.254 e. The monoisotopic (exact) mass is 478 g/mol. The number of hydrogen-bond donors (Lipinski definition) is 1. The molecule has 1 saturated heterocycles. The third kappa shape index (κ3) is 5.79. The van der Waals surface area contributed by atoms with E-state index in [1.807, 2.05) is 25.1 Å². The van der Waals surface area contributed by atoms with Crippen LogP contribution in [0.5, 0.6) is 0 Å². The fraction of sp³-hybridized carbons (Fsp3) is 0.364. The van der Waals surface area contributed by atoms with E-state index in [1.165, 1.54) is 27.4 Å². The number of carbonyl (C=O) groups excluding carboxylic acids is 2. The van der Waals surface area contributed by atoms with Crippen LogP contribution in [0.15, 0.2) is 42.5 Å². The zero-order valence-electron chi connectivity index (χ0n) is 18.3. The molecule has 1 aliphatic rings. The van der Waals surface area contributed by atoms with E-state index in [9.17, 15) is 18.0 Å². The van der Waals surface area contributed by atoms with Crippen molar-refractivity contribution in [2.45, 2.75) is 6.92 Å². The van der Waals surface area contributed by atoms with E-state index < -0.39 is 21.7 Å². The molecular weight excluding hydrogens is 452 g/mol. The molecule has 172 valence electrons. The predicted molar refractivity (Wildman–Crippen MR) is 127 cm³/mol. The number of benzene rings is 2. The van der Waals surface area contributed by atoms with Crippen LogP contribution in [0.2, 0.25) is 5.02 Å². The Morgan fingerprint density at radius 3 is 2.34 bits per heavy atom. The minimum Gasteiger partial charge on any atom is -0.369 e. The standard InChI is InChI=1S/C22H27ClN4O4S/c1-16-5-4-6-18(13-16)26-9-11-27(12-10-26)32(30,31)15-21(28)24-17-7-8-19(20(23)14-17)22(29)25(2)3/h4-8,13-14H,9-12,15H2,1-3H3,(H,24,28).